The van der Waals surface area contributed by atoms with E-state index < -0.39 is 10.0 Å². The maximum Gasteiger partial charge on any atom is 0.243 e. The standard InChI is InChI=1S/C23H32N2O4S2/c1-5-29-18-8-10-19(11-9-18)31(27,28)25-14-12-17(13-15-25)22(26)24-21(23(2,3)4)20-7-6-16-30-20/h6-11,16-17,21H,5,12-15H2,1-4H3,(H,24,26). The molecule has 1 atom stereocenters. The summed E-state index contributed by atoms with van der Waals surface area (Å²) in [6, 6.07) is 10.5. The Morgan fingerprint density at radius 2 is 1.84 bits per heavy atom. The van der Waals surface area contributed by atoms with E-state index in [4.69, 9.17) is 4.74 Å². The number of ether oxygens (including phenoxy) is 1. The van der Waals surface area contributed by atoms with Crippen LogP contribution in [0.1, 0.15) is 51.5 Å². The van der Waals surface area contributed by atoms with Gasteiger partial charge in [0.1, 0.15) is 5.75 Å². The van der Waals surface area contributed by atoms with E-state index in [0.29, 0.717) is 38.3 Å². The van der Waals surface area contributed by atoms with E-state index in [2.05, 4.69) is 26.1 Å². The predicted octanol–water partition coefficient (Wildman–Crippen LogP) is 4.45. The van der Waals surface area contributed by atoms with Crippen molar-refractivity contribution < 1.29 is 17.9 Å². The van der Waals surface area contributed by atoms with Crippen molar-refractivity contribution in [3.05, 3.63) is 46.7 Å². The summed E-state index contributed by atoms with van der Waals surface area (Å²) in [7, 11) is -3.58. The van der Waals surface area contributed by atoms with Gasteiger partial charge in [-0.3, -0.25) is 4.79 Å². The number of carbonyl (C=O) groups excluding carboxylic acids is 1. The summed E-state index contributed by atoms with van der Waals surface area (Å²) in [4.78, 5) is 14.4. The molecule has 1 aliphatic heterocycles. The molecular formula is C23H32N2O4S2. The van der Waals surface area contributed by atoms with Crippen molar-refractivity contribution >= 4 is 27.3 Å². The van der Waals surface area contributed by atoms with Crippen molar-refractivity contribution in [2.24, 2.45) is 11.3 Å². The summed E-state index contributed by atoms with van der Waals surface area (Å²) >= 11 is 1.64. The molecule has 0 saturated carbocycles. The van der Waals surface area contributed by atoms with Crippen molar-refractivity contribution in [2.45, 2.75) is 51.5 Å². The van der Waals surface area contributed by atoms with Gasteiger partial charge in [0.2, 0.25) is 15.9 Å². The topological polar surface area (TPSA) is 75.7 Å². The molecule has 0 aliphatic carbocycles. The molecule has 1 N–H and O–H groups in total. The van der Waals surface area contributed by atoms with Crippen molar-refractivity contribution in [1.82, 2.24) is 9.62 Å². The van der Waals surface area contributed by atoms with Crippen LogP contribution in [0.25, 0.3) is 0 Å². The maximum atomic E-state index is 13.0. The highest BCUT2D eigenvalue weighted by molar-refractivity contribution is 7.89. The molecule has 6 nitrogen and oxygen atoms in total. The first-order valence-electron chi connectivity index (χ1n) is 10.7. The number of carbonyl (C=O) groups is 1. The number of rotatable bonds is 7. The van der Waals surface area contributed by atoms with Crippen LogP contribution in [0.4, 0.5) is 0 Å². The zero-order valence-corrected chi connectivity index (χ0v) is 20.3. The van der Waals surface area contributed by atoms with Crippen LogP contribution in [0.3, 0.4) is 0 Å². The van der Waals surface area contributed by atoms with Gasteiger partial charge in [-0.1, -0.05) is 26.8 Å². The SMILES string of the molecule is CCOc1ccc(S(=O)(=O)N2CCC(C(=O)NC(c3cccs3)C(C)(C)C)CC2)cc1. The van der Waals surface area contributed by atoms with E-state index in [-0.39, 0.29) is 28.2 Å². The Hall–Kier alpha value is -1.90. The second-order valence-corrected chi connectivity index (χ2v) is 11.8. The van der Waals surface area contributed by atoms with Gasteiger partial charge < -0.3 is 10.1 Å². The van der Waals surface area contributed by atoms with Gasteiger partial charge in [-0.05, 0) is 60.9 Å². The minimum atomic E-state index is -3.58. The molecule has 1 saturated heterocycles. The van der Waals surface area contributed by atoms with E-state index in [1.807, 2.05) is 24.4 Å². The van der Waals surface area contributed by atoms with E-state index in [1.54, 1.807) is 35.6 Å². The van der Waals surface area contributed by atoms with Crippen LogP contribution < -0.4 is 10.1 Å². The van der Waals surface area contributed by atoms with Crippen molar-refractivity contribution in [1.29, 1.82) is 0 Å². The molecule has 1 aliphatic rings. The van der Waals surface area contributed by atoms with Crippen LogP contribution in [0, 0.1) is 11.3 Å². The van der Waals surface area contributed by atoms with Crippen molar-refractivity contribution in [2.75, 3.05) is 19.7 Å². The number of piperidine rings is 1. The fraction of sp³-hybridized carbons (Fsp3) is 0.522. The zero-order chi connectivity index (χ0) is 22.6. The Morgan fingerprint density at radius 1 is 1.19 bits per heavy atom. The average Bonchev–Trinajstić information content (AvgIpc) is 3.26. The number of benzene rings is 1. The lowest BCUT2D eigenvalue weighted by molar-refractivity contribution is -0.127. The lowest BCUT2D eigenvalue weighted by atomic mass is 9.85. The molecule has 2 heterocycles. The fourth-order valence-corrected chi connectivity index (χ4v) is 6.30. The van der Waals surface area contributed by atoms with Gasteiger partial charge in [-0.15, -0.1) is 11.3 Å². The molecule has 0 radical (unpaired) electrons. The average molecular weight is 465 g/mol. The van der Waals surface area contributed by atoms with Crippen LogP contribution in [-0.4, -0.2) is 38.3 Å². The number of amides is 1. The summed E-state index contributed by atoms with van der Waals surface area (Å²) in [5, 5.41) is 5.24. The lowest BCUT2D eigenvalue weighted by Gasteiger charge is -2.34. The Bertz CT molecular complexity index is 956. The third kappa shape index (κ3) is 5.67. The lowest BCUT2D eigenvalue weighted by Crippen LogP contribution is -2.45. The molecule has 1 amide bonds. The maximum absolute atomic E-state index is 13.0. The fourth-order valence-electron chi connectivity index (χ4n) is 3.81. The van der Waals surface area contributed by atoms with E-state index in [0.717, 1.165) is 4.88 Å². The highest BCUT2D eigenvalue weighted by atomic mass is 32.2. The molecule has 0 bridgehead atoms. The first-order valence-corrected chi connectivity index (χ1v) is 13.0. The third-order valence-corrected chi connectivity index (χ3v) is 8.43. The Morgan fingerprint density at radius 3 is 2.35 bits per heavy atom. The van der Waals surface area contributed by atoms with Gasteiger partial charge in [0.05, 0.1) is 17.5 Å². The smallest absolute Gasteiger partial charge is 0.243 e. The molecule has 1 fully saturated rings. The van der Waals surface area contributed by atoms with Crippen LogP contribution in [-0.2, 0) is 14.8 Å². The molecule has 2 aromatic rings. The number of nitrogens with one attached hydrogen (secondary N) is 1. The van der Waals surface area contributed by atoms with Gasteiger partial charge in [-0.2, -0.15) is 4.31 Å². The van der Waals surface area contributed by atoms with Crippen molar-refractivity contribution in [3.63, 3.8) is 0 Å². The first kappa shape index (κ1) is 23.8. The molecule has 1 unspecified atom stereocenters. The Labute approximate surface area is 189 Å². The second kappa shape index (κ2) is 9.71. The van der Waals surface area contributed by atoms with Crippen LogP contribution in [0.15, 0.2) is 46.7 Å². The second-order valence-electron chi connectivity index (χ2n) is 8.91. The quantitative estimate of drug-likeness (QED) is 0.657. The van der Waals surface area contributed by atoms with Gasteiger partial charge in [0, 0.05) is 23.9 Å². The minimum Gasteiger partial charge on any atom is -0.494 e. The van der Waals surface area contributed by atoms with Crippen molar-refractivity contribution in [3.8, 4) is 5.75 Å². The van der Waals surface area contributed by atoms with E-state index >= 15 is 0 Å². The number of sulfonamides is 1. The van der Waals surface area contributed by atoms with Crippen LogP contribution in [0.2, 0.25) is 0 Å². The monoisotopic (exact) mass is 464 g/mol. The van der Waals surface area contributed by atoms with E-state index in [1.165, 1.54) is 4.31 Å². The predicted molar refractivity (Wildman–Crippen MR) is 124 cm³/mol. The number of hydrogen-bond donors (Lipinski definition) is 1. The molecule has 8 heteroatoms. The minimum absolute atomic E-state index is 0.00596. The number of thiophene rings is 1. The molecule has 31 heavy (non-hydrogen) atoms. The van der Waals surface area contributed by atoms with Gasteiger partial charge in [-0.25, -0.2) is 8.42 Å². The molecule has 1 aromatic heterocycles. The van der Waals surface area contributed by atoms with Gasteiger partial charge >= 0.3 is 0 Å². The van der Waals surface area contributed by atoms with Crippen LogP contribution in [0.5, 0.6) is 5.75 Å². The van der Waals surface area contributed by atoms with Crippen LogP contribution >= 0.6 is 11.3 Å². The van der Waals surface area contributed by atoms with E-state index in [9.17, 15) is 13.2 Å². The molecule has 3 rings (SSSR count). The summed E-state index contributed by atoms with van der Waals surface area (Å²) < 4.78 is 32.8. The number of hydrogen-bond acceptors (Lipinski definition) is 5. The summed E-state index contributed by atoms with van der Waals surface area (Å²) in [5.41, 5.74) is -0.113. The van der Waals surface area contributed by atoms with Gasteiger partial charge in [0.15, 0.2) is 0 Å². The Balaban J connectivity index is 1.62. The number of nitrogens with zero attached hydrogens (tertiary/aromatic N) is 1. The summed E-state index contributed by atoms with van der Waals surface area (Å²) in [5.74, 6) is 0.471. The molecule has 170 valence electrons. The molecule has 0 spiro atoms. The highest BCUT2D eigenvalue weighted by Crippen LogP contribution is 2.36. The van der Waals surface area contributed by atoms with Gasteiger partial charge in [0.25, 0.3) is 0 Å². The molecular weight excluding hydrogens is 432 g/mol. The normalized spacial score (nSPS) is 17.3. The summed E-state index contributed by atoms with van der Waals surface area (Å²) in [6.45, 7) is 9.44. The largest absolute Gasteiger partial charge is 0.494 e. The first-order chi connectivity index (χ1) is 14.6. The molecule has 1 aromatic carbocycles. The third-order valence-electron chi connectivity index (χ3n) is 5.58. The highest BCUT2D eigenvalue weighted by Gasteiger charge is 2.35. The summed E-state index contributed by atoms with van der Waals surface area (Å²) in [6.07, 6.45) is 1.03. The zero-order valence-electron chi connectivity index (χ0n) is 18.6. The Kier molecular flexibility index (Phi) is 7.44.